The molecule has 2 aliphatic rings. The Morgan fingerprint density at radius 3 is 2.51 bits per heavy atom. The topological polar surface area (TPSA) is 96.9 Å². The quantitative estimate of drug-likeness (QED) is 0.301. The summed E-state index contributed by atoms with van der Waals surface area (Å²) < 4.78 is 15.4. The lowest BCUT2D eigenvalue weighted by Gasteiger charge is -2.39. The minimum Gasteiger partial charge on any atom is -0.354 e. The van der Waals surface area contributed by atoms with Crippen molar-refractivity contribution >= 4 is 39.7 Å². The highest BCUT2D eigenvalue weighted by molar-refractivity contribution is 7.16. The molecule has 1 aromatic carbocycles. The van der Waals surface area contributed by atoms with E-state index in [0.29, 0.717) is 39.8 Å². The molecule has 2 saturated heterocycles. The van der Waals surface area contributed by atoms with Gasteiger partial charge in [0.2, 0.25) is 5.91 Å². The summed E-state index contributed by atoms with van der Waals surface area (Å²) in [6.07, 6.45) is 3.80. The Bertz CT molecular complexity index is 1670. The Labute approximate surface area is 255 Å². The summed E-state index contributed by atoms with van der Waals surface area (Å²) in [6, 6.07) is 13.1. The molecule has 0 N–H and O–H groups in total. The van der Waals surface area contributed by atoms with Gasteiger partial charge in [0.15, 0.2) is 16.6 Å². The number of carbonyl (C=O) groups excluding carboxylic acids is 1. The van der Waals surface area contributed by atoms with E-state index < -0.39 is 0 Å². The van der Waals surface area contributed by atoms with Gasteiger partial charge in [-0.3, -0.25) is 9.69 Å². The molecule has 6 rings (SSSR count). The molecular formula is C31H36FN9OS. The van der Waals surface area contributed by atoms with Gasteiger partial charge in [0.1, 0.15) is 28.3 Å². The van der Waals surface area contributed by atoms with Gasteiger partial charge in [0, 0.05) is 64.8 Å². The summed E-state index contributed by atoms with van der Waals surface area (Å²) >= 11 is 1.29. The molecule has 43 heavy (non-hydrogen) atoms. The third-order valence-corrected chi connectivity index (χ3v) is 9.87. The van der Waals surface area contributed by atoms with E-state index in [9.17, 15) is 14.4 Å². The van der Waals surface area contributed by atoms with Crippen molar-refractivity contribution in [3.63, 3.8) is 0 Å². The van der Waals surface area contributed by atoms with Crippen LogP contribution < -0.4 is 9.80 Å². The average Bonchev–Trinajstić information content (AvgIpc) is 3.77. The van der Waals surface area contributed by atoms with Crippen molar-refractivity contribution in [3.8, 4) is 17.3 Å². The van der Waals surface area contributed by atoms with Gasteiger partial charge in [-0.05, 0) is 62.1 Å². The number of hydrogen-bond acceptors (Lipinski definition) is 9. The maximum Gasteiger partial charge on any atom is 0.219 e. The molecule has 0 spiro atoms. The van der Waals surface area contributed by atoms with Gasteiger partial charge >= 0.3 is 0 Å². The fourth-order valence-electron chi connectivity index (χ4n) is 6.26. The van der Waals surface area contributed by atoms with Gasteiger partial charge in [-0.25, -0.2) is 14.4 Å². The number of fused-ring (bicyclic) bond motifs is 1. The van der Waals surface area contributed by atoms with Crippen LogP contribution in [0.15, 0.2) is 36.4 Å². The van der Waals surface area contributed by atoms with Crippen molar-refractivity contribution in [2.45, 2.75) is 51.6 Å². The molecule has 2 fully saturated rings. The SMILES string of the molecule is CCc1nc2ccc(N3CCC(N4CCC(N(C)C(C)=O)CC4)C3)nn2c1N(C)c1nc(-c2ccc(F)cc2)c(C#N)s1. The number of likely N-dealkylation sites (tertiary alicyclic amines) is 1. The fourth-order valence-corrected chi connectivity index (χ4v) is 7.11. The average molecular weight is 602 g/mol. The number of nitrogens with zero attached hydrogens (tertiary/aromatic N) is 9. The molecule has 0 radical (unpaired) electrons. The molecule has 3 aromatic heterocycles. The number of amides is 1. The number of hydrogen-bond donors (Lipinski definition) is 0. The van der Waals surface area contributed by atoms with Crippen LogP contribution >= 0.6 is 11.3 Å². The van der Waals surface area contributed by atoms with Crippen molar-refractivity contribution in [2.24, 2.45) is 0 Å². The number of anilines is 3. The second-order valence-corrected chi connectivity index (χ2v) is 12.3. The number of thiazole rings is 1. The molecule has 0 bridgehead atoms. The first-order chi connectivity index (χ1) is 20.8. The highest BCUT2D eigenvalue weighted by atomic mass is 32.1. The van der Waals surface area contributed by atoms with E-state index in [-0.39, 0.29) is 11.7 Å². The number of carbonyl (C=O) groups is 1. The molecule has 5 heterocycles. The van der Waals surface area contributed by atoms with Crippen LogP contribution in [0.4, 0.5) is 21.2 Å². The zero-order valence-electron chi connectivity index (χ0n) is 25.0. The first kappa shape index (κ1) is 29.0. The standard InChI is InChI=1S/C31H36FN9OS/c1-5-25-30(38(4)31-35-29(26(18-33)43-31)21-6-8-22(32)9-7-21)41-27(34-25)10-11-28(36-41)40-17-14-24(19-40)39-15-12-23(13-16-39)37(3)20(2)42/h6-11,23-24H,5,12-17,19H2,1-4H3. The van der Waals surface area contributed by atoms with Crippen molar-refractivity contribution in [1.82, 2.24) is 29.4 Å². The van der Waals surface area contributed by atoms with Crippen LogP contribution in [0, 0.1) is 17.1 Å². The number of benzene rings is 1. The van der Waals surface area contributed by atoms with Gasteiger partial charge in [0.05, 0.1) is 5.69 Å². The largest absolute Gasteiger partial charge is 0.354 e. The predicted molar refractivity (Wildman–Crippen MR) is 166 cm³/mol. The molecule has 1 unspecified atom stereocenters. The number of halogens is 1. The van der Waals surface area contributed by atoms with E-state index >= 15 is 0 Å². The second kappa shape index (κ2) is 11.9. The molecule has 12 heteroatoms. The molecule has 0 saturated carbocycles. The minimum atomic E-state index is -0.332. The maximum absolute atomic E-state index is 13.5. The van der Waals surface area contributed by atoms with Crippen molar-refractivity contribution < 1.29 is 9.18 Å². The minimum absolute atomic E-state index is 0.136. The van der Waals surface area contributed by atoms with Crippen molar-refractivity contribution in [1.29, 1.82) is 5.26 Å². The first-order valence-electron chi connectivity index (χ1n) is 14.8. The lowest BCUT2D eigenvalue weighted by molar-refractivity contribution is -0.130. The van der Waals surface area contributed by atoms with E-state index in [2.05, 4.69) is 22.8 Å². The zero-order chi connectivity index (χ0) is 30.2. The van der Waals surface area contributed by atoms with Gasteiger partial charge in [-0.15, -0.1) is 5.10 Å². The highest BCUT2D eigenvalue weighted by Gasteiger charge is 2.33. The Morgan fingerprint density at radius 2 is 1.84 bits per heavy atom. The number of piperidine rings is 1. The monoisotopic (exact) mass is 601 g/mol. The molecular weight excluding hydrogens is 565 g/mol. The predicted octanol–water partition coefficient (Wildman–Crippen LogP) is 4.72. The van der Waals surface area contributed by atoms with Crippen LogP contribution in [-0.2, 0) is 11.2 Å². The Morgan fingerprint density at radius 1 is 1.09 bits per heavy atom. The number of nitriles is 1. The van der Waals surface area contributed by atoms with Gasteiger partial charge in [-0.1, -0.05) is 18.3 Å². The molecule has 2 aliphatic heterocycles. The summed E-state index contributed by atoms with van der Waals surface area (Å²) in [7, 11) is 3.83. The second-order valence-electron chi connectivity index (χ2n) is 11.3. The lowest BCUT2D eigenvalue weighted by atomic mass is 10.0. The van der Waals surface area contributed by atoms with E-state index in [4.69, 9.17) is 15.1 Å². The van der Waals surface area contributed by atoms with Gasteiger partial charge < -0.3 is 14.7 Å². The Balaban J connectivity index is 1.24. The number of aromatic nitrogens is 4. The highest BCUT2D eigenvalue weighted by Crippen LogP contribution is 2.37. The summed E-state index contributed by atoms with van der Waals surface area (Å²) in [5.74, 6) is 1.52. The molecule has 0 aliphatic carbocycles. The van der Waals surface area contributed by atoms with Crippen LogP contribution in [0.2, 0.25) is 0 Å². The van der Waals surface area contributed by atoms with Crippen LogP contribution in [-0.4, -0.2) is 87.6 Å². The normalized spacial score (nSPS) is 17.9. The van der Waals surface area contributed by atoms with E-state index in [0.717, 1.165) is 68.4 Å². The van der Waals surface area contributed by atoms with Crippen LogP contribution in [0.5, 0.6) is 0 Å². The molecule has 1 amide bonds. The van der Waals surface area contributed by atoms with E-state index in [1.165, 1.54) is 23.5 Å². The fraction of sp³-hybridized carbons (Fsp3) is 0.452. The van der Waals surface area contributed by atoms with Crippen molar-refractivity contribution in [2.75, 3.05) is 50.1 Å². The Hall–Kier alpha value is -4.08. The third kappa shape index (κ3) is 5.55. The van der Waals surface area contributed by atoms with E-state index in [1.807, 2.05) is 40.5 Å². The zero-order valence-corrected chi connectivity index (χ0v) is 25.8. The molecule has 224 valence electrons. The molecule has 4 aromatic rings. The third-order valence-electron chi connectivity index (χ3n) is 8.83. The smallest absolute Gasteiger partial charge is 0.219 e. The van der Waals surface area contributed by atoms with Crippen LogP contribution in [0.1, 0.15) is 43.7 Å². The molecule has 1 atom stereocenters. The first-order valence-corrected chi connectivity index (χ1v) is 15.6. The van der Waals surface area contributed by atoms with Gasteiger partial charge in [0.25, 0.3) is 0 Å². The summed E-state index contributed by atoms with van der Waals surface area (Å²) in [4.78, 5) is 30.7. The number of aryl methyl sites for hydroxylation is 1. The van der Waals surface area contributed by atoms with Gasteiger partial charge in [-0.2, -0.15) is 9.78 Å². The summed E-state index contributed by atoms with van der Waals surface area (Å²) in [5.41, 5.74) is 2.88. The molecule has 10 nitrogen and oxygen atoms in total. The Kier molecular flexibility index (Phi) is 8.03. The number of imidazole rings is 1. The van der Waals surface area contributed by atoms with Crippen LogP contribution in [0.25, 0.3) is 16.9 Å². The lowest BCUT2D eigenvalue weighted by Crippen LogP contribution is -2.48. The van der Waals surface area contributed by atoms with E-state index in [1.54, 1.807) is 19.1 Å². The maximum atomic E-state index is 13.5. The summed E-state index contributed by atoms with van der Waals surface area (Å²) in [6.45, 7) is 7.55. The number of rotatable bonds is 7. The van der Waals surface area contributed by atoms with Crippen LogP contribution in [0.3, 0.4) is 0 Å². The summed E-state index contributed by atoms with van der Waals surface area (Å²) in [5, 5.41) is 15.5. The van der Waals surface area contributed by atoms with Crippen molar-refractivity contribution in [3.05, 3.63) is 52.8 Å².